The van der Waals surface area contributed by atoms with Gasteiger partial charge >= 0.3 is 0 Å². The fourth-order valence-corrected chi connectivity index (χ4v) is 1.84. The Labute approximate surface area is 112 Å². The smallest absolute Gasteiger partial charge is 0.243 e. The standard InChI is InChI=1S/C14H19N3O2/c1-18-9-5-8-12(15)14-16-13(17-19-14)10-11-6-3-2-4-7-11/h2-4,6-7,12H,5,8-10,15H2,1H3. The quantitative estimate of drug-likeness (QED) is 0.772. The summed E-state index contributed by atoms with van der Waals surface area (Å²) < 4.78 is 10.2. The zero-order valence-electron chi connectivity index (χ0n) is 11.1. The third-order valence-corrected chi connectivity index (χ3v) is 2.87. The van der Waals surface area contributed by atoms with E-state index in [-0.39, 0.29) is 6.04 Å². The Hall–Kier alpha value is -1.72. The van der Waals surface area contributed by atoms with Crippen LogP contribution in [0.3, 0.4) is 0 Å². The third kappa shape index (κ3) is 4.15. The molecule has 0 aliphatic carbocycles. The molecule has 0 bridgehead atoms. The monoisotopic (exact) mass is 261 g/mol. The first kappa shape index (κ1) is 13.7. The Morgan fingerprint density at radius 2 is 2.11 bits per heavy atom. The number of ether oxygens (including phenoxy) is 1. The van der Waals surface area contributed by atoms with Gasteiger partial charge in [-0.2, -0.15) is 4.98 Å². The zero-order chi connectivity index (χ0) is 13.5. The van der Waals surface area contributed by atoms with Crippen molar-refractivity contribution in [3.63, 3.8) is 0 Å². The van der Waals surface area contributed by atoms with Gasteiger partial charge in [0, 0.05) is 20.1 Å². The largest absolute Gasteiger partial charge is 0.385 e. The Balaban J connectivity index is 1.91. The minimum atomic E-state index is -0.216. The Bertz CT molecular complexity index is 484. The van der Waals surface area contributed by atoms with Gasteiger partial charge in [-0.25, -0.2) is 0 Å². The van der Waals surface area contributed by atoms with Crippen molar-refractivity contribution in [2.24, 2.45) is 5.73 Å². The molecule has 0 fully saturated rings. The fourth-order valence-electron chi connectivity index (χ4n) is 1.84. The molecule has 0 aliphatic rings. The normalized spacial score (nSPS) is 12.5. The Morgan fingerprint density at radius 3 is 2.84 bits per heavy atom. The molecule has 5 heteroatoms. The van der Waals surface area contributed by atoms with Crippen LogP contribution in [-0.4, -0.2) is 23.9 Å². The summed E-state index contributed by atoms with van der Waals surface area (Å²) in [5.41, 5.74) is 7.15. The summed E-state index contributed by atoms with van der Waals surface area (Å²) in [5, 5.41) is 3.96. The van der Waals surface area contributed by atoms with Gasteiger partial charge in [0.15, 0.2) is 5.82 Å². The Morgan fingerprint density at radius 1 is 1.32 bits per heavy atom. The maximum absolute atomic E-state index is 5.99. The predicted molar refractivity (Wildman–Crippen MR) is 71.6 cm³/mol. The molecule has 0 saturated heterocycles. The summed E-state index contributed by atoms with van der Waals surface area (Å²) in [4.78, 5) is 4.34. The lowest BCUT2D eigenvalue weighted by atomic mass is 10.1. The van der Waals surface area contributed by atoms with Crippen molar-refractivity contribution < 1.29 is 9.26 Å². The highest BCUT2D eigenvalue weighted by Crippen LogP contribution is 2.15. The lowest BCUT2D eigenvalue weighted by Crippen LogP contribution is -2.11. The summed E-state index contributed by atoms with van der Waals surface area (Å²) in [5.74, 6) is 1.17. The van der Waals surface area contributed by atoms with Crippen LogP contribution < -0.4 is 5.73 Å². The number of benzene rings is 1. The summed E-state index contributed by atoms with van der Waals surface area (Å²) in [6, 6.07) is 9.83. The highest BCUT2D eigenvalue weighted by atomic mass is 16.5. The number of hydrogen-bond acceptors (Lipinski definition) is 5. The summed E-state index contributed by atoms with van der Waals surface area (Å²) >= 11 is 0. The molecule has 1 heterocycles. The van der Waals surface area contributed by atoms with Crippen molar-refractivity contribution in [1.82, 2.24) is 10.1 Å². The van der Waals surface area contributed by atoms with E-state index >= 15 is 0 Å². The zero-order valence-corrected chi connectivity index (χ0v) is 11.1. The average molecular weight is 261 g/mol. The van der Waals surface area contributed by atoms with E-state index in [0.29, 0.717) is 24.7 Å². The Kier molecular flexibility index (Phi) is 5.06. The maximum Gasteiger partial charge on any atom is 0.243 e. The maximum atomic E-state index is 5.99. The molecule has 1 atom stereocenters. The van der Waals surface area contributed by atoms with Crippen molar-refractivity contribution in [1.29, 1.82) is 0 Å². The van der Waals surface area contributed by atoms with Gasteiger partial charge in [0.25, 0.3) is 0 Å². The van der Waals surface area contributed by atoms with E-state index in [1.54, 1.807) is 7.11 Å². The molecule has 1 aromatic carbocycles. The van der Waals surface area contributed by atoms with E-state index < -0.39 is 0 Å². The molecule has 0 aliphatic heterocycles. The van der Waals surface area contributed by atoms with Crippen molar-refractivity contribution in [3.8, 4) is 0 Å². The van der Waals surface area contributed by atoms with E-state index in [1.807, 2.05) is 30.3 Å². The van der Waals surface area contributed by atoms with Gasteiger partial charge in [0.1, 0.15) is 0 Å². The van der Waals surface area contributed by atoms with Crippen LogP contribution in [0, 0.1) is 0 Å². The molecule has 0 radical (unpaired) electrons. The summed E-state index contributed by atoms with van der Waals surface area (Å²) in [6.07, 6.45) is 2.32. The second-order valence-electron chi connectivity index (χ2n) is 4.45. The molecule has 1 aromatic heterocycles. The first-order valence-corrected chi connectivity index (χ1v) is 6.40. The number of nitrogens with zero attached hydrogens (tertiary/aromatic N) is 2. The minimum absolute atomic E-state index is 0.216. The molecule has 0 saturated carbocycles. The van der Waals surface area contributed by atoms with Crippen LogP contribution in [0.2, 0.25) is 0 Å². The number of nitrogens with two attached hydrogens (primary N) is 1. The lowest BCUT2D eigenvalue weighted by molar-refractivity contribution is 0.188. The van der Waals surface area contributed by atoms with Crippen molar-refractivity contribution >= 4 is 0 Å². The molecule has 2 rings (SSSR count). The molecule has 0 amide bonds. The van der Waals surface area contributed by atoms with Crippen LogP contribution in [0.1, 0.15) is 36.2 Å². The van der Waals surface area contributed by atoms with Crippen molar-refractivity contribution in [2.75, 3.05) is 13.7 Å². The molecule has 2 aromatic rings. The van der Waals surface area contributed by atoms with Gasteiger partial charge < -0.3 is 15.0 Å². The van der Waals surface area contributed by atoms with E-state index in [0.717, 1.165) is 18.4 Å². The van der Waals surface area contributed by atoms with Gasteiger partial charge in [-0.3, -0.25) is 0 Å². The van der Waals surface area contributed by atoms with Gasteiger partial charge in [-0.15, -0.1) is 0 Å². The van der Waals surface area contributed by atoms with Crippen molar-refractivity contribution in [2.45, 2.75) is 25.3 Å². The van der Waals surface area contributed by atoms with Gasteiger partial charge in [-0.05, 0) is 18.4 Å². The number of rotatable bonds is 7. The first-order chi connectivity index (χ1) is 9.29. The van der Waals surface area contributed by atoms with Gasteiger partial charge in [0.05, 0.1) is 6.04 Å². The lowest BCUT2D eigenvalue weighted by Gasteiger charge is -2.04. The molecule has 2 N–H and O–H groups in total. The fraction of sp³-hybridized carbons (Fsp3) is 0.429. The molecule has 102 valence electrons. The number of aromatic nitrogens is 2. The summed E-state index contributed by atoms with van der Waals surface area (Å²) in [7, 11) is 1.68. The van der Waals surface area contributed by atoms with Crippen LogP contribution in [-0.2, 0) is 11.2 Å². The molecular weight excluding hydrogens is 242 g/mol. The van der Waals surface area contributed by atoms with Gasteiger partial charge in [0.2, 0.25) is 5.89 Å². The molecule has 0 spiro atoms. The molecule has 1 unspecified atom stereocenters. The molecule has 19 heavy (non-hydrogen) atoms. The second kappa shape index (κ2) is 7.01. The highest BCUT2D eigenvalue weighted by molar-refractivity contribution is 5.18. The second-order valence-corrected chi connectivity index (χ2v) is 4.45. The van der Waals surface area contributed by atoms with Crippen LogP contribution in [0.4, 0.5) is 0 Å². The molecule has 5 nitrogen and oxygen atoms in total. The van der Waals surface area contributed by atoms with Gasteiger partial charge in [-0.1, -0.05) is 35.5 Å². The predicted octanol–water partition coefficient (Wildman–Crippen LogP) is 2.09. The van der Waals surface area contributed by atoms with E-state index in [2.05, 4.69) is 10.1 Å². The SMILES string of the molecule is COCCCC(N)c1nc(Cc2ccccc2)no1. The number of methoxy groups -OCH3 is 1. The minimum Gasteiger partial charge on any atom is -0.385 e. The third-order valence-electron chi connectivity index (χ3n) is 2.87. The van der Waals surface area contributed by atoms with Crippen LogP contribution in [0.5, 0.6) is 0 Å². The van der Waals surface area contributed by atoms with E-state index in [9.17, 15) is 0 Å². The van der Waals surface area contributed by atoms with E-state index in [4.69, 9.17) is 15.0 Å². The topological polar surface area (TPSA) is 74.2 Å². The van der Waals surface area contributed by atoms with Crippen LogP contribution in [0.15, 0.2) is 34.9 Å². The summed E-state index contributed by atoms with van der Waals surface area (Å²) in [6.45, 7) is 0.693. The first-order valence-electron chi connectivity index (χ1n) is 6.40. The number of hydrogen-bond donors (Lipinski definition) is 1. The molecular formula is C14H19N3O2. The van der Waals surface area contributed by atoms with Crippen LogP contribution >= 0.6 is 0 Å². The average Bonchev–Trinajstić information content (AvgIpc) is 2.89. The van der Waals surface area contributed by atoms with Crippen molar-refractivity contribution in [3.05, 3.63) is 47.6 Å². The highest BCUT2D eigenvalue weighted by Gasteiger charge is 2.14. The van der Waals surface area contributed by atoms with Crippen LogP contribution in [0.25, 0.3) is 0 Å². The van der Waals surface area contributed by atoms with E-state index in [1.165, 1.54) is 0 Å².